The molecule has 2 aliphatic carbocycles. The maximum atomic E-state index is 16.2. The van der Waals surface area contributed by atoms with Gasteiger partial charge in [0.15, 0.2) is 11.6 Å². The summed E-state index contributed by atoms with van der Waals surface area (Å²) in [4.78, 5) is 47.8. The first-order valence-electron chi connectivity index (χ1n) is 22.8. The van der Waals surface area contributed by atoms with Crippen molar-refractivity contribution in [2.24, 2.45) is 13.0 Å². The summed E-state index contributed by atoms with van der Waals surface area (Å²) in [6, 6.07) is 14.4. The molecule has 66 heavy (non-hydrogen) atoms. The predicted octanol–water partition coefficient (Wildman–Crippen LogP) is 7.34. The highest BCUT2D eigenvalue weighted by molar-refractivity contribution is 6.00. The number of nitrogens with one attached hydrogen (secondary N) is 1. The largest absolute Gasteiger partial charge is 0.438 e. The highest BCUT2D eigenvalue weighted by atomic mass is 19.1. The molecule has 8 heterocycles. The van der Waals surface area contributed by atoms with Crippen molar-refractivity contribution in [2.75, 3.05) is 6.61 Å². The molecule has 336 valence electrons. The van der Waals surface area contributed by atoms with E-state index in [1.165, 1.54) is 27.1 Å². The molecular formula is C49H46F2N10O5. The second-order valence-corrected chi connectivity index (χ2v) is 19.5. The van der Waals surface area contributed by atoms with Crippen molar-refractivity contribution < 1.29 is 22.8 Å². The summed E-state index contributed by atoms with van der Waals surface area (Å²) < 4.78 is 50.7. The number of aromatic amines is 1. The minimum absolute atomic E-state index is 0.0111. The number of fused-ring (bicyclic) bond motifs is 6. The van der Waals surface area contributed by atoms with Crippen LogP contribution < -0.4 is 11.4 Å². The fourth-order valence-electron chi connectivity index (χ4n) is 12.0. The molecule has 3 aromatic carbocycles. The number of hydrogen-bond donors (Lipinski definition) is 1. The third-order valence-corrected chi connectivity index (χ3v) is 15.6. The van der Waals surface area contributed by atoms with Crippen molar-refractivity contribution >= 4 is 27.7 Å². The van der Waals surface area contributed by atoms with Gasteiger partial charge in [0.1, 0.15) is 22.9 Å². The van der Waals surface area contributed by atoms with Gasteiger partial charge in [0.2, 0.25) is 0 Å². The van der Waals surface area contributed by atoms with Crippen LogP contribution in [0.4, 0.5) is 8.78 Å². The van der Waals surface area contributed by atoms with Gasteiger partial charge < -0.3 is 14.2 Å². The number of amides is 1. The minimum atomic E-state index is -0.837. The lowest BCUT2D eigenvalue weighted by molar-refractivity contribution is -0.0132. The molecule has 2 saturated carbocycles. The zero-order valence-corrected chi connectivity index (χ0v) is 36.8. The first-order valence-corrected chi connectivity index (χ1v) is 22.8. The Bertz CT molecular complexity index is 3490. The molecule has 13 rings (SSSR count). The number of aromatic nitrogens is 9. The summed E-state index contributed by atoms with van der Waals surface area (Å²) in [5.41, 5.74) is 4.58. The number of rotatable bonds is 7. The molecule has 1 amide bonds. The summed E-state index contributed by atoms with van der Waals surface area (Å²) >= 11 is 0. The lowest BCUT2D eigenvalue weighted by atomic mass is 9.87. The summed E-state index contributed by atoms with van der Waals surface area (Å²) in [5, 5.41) is 14.8. The van der Waals surface area contributed by atoms with E-state index in [-0.39, 0.29) is 40.4 Å². The highest BCUT2D eigenvalue weighted by Crippen LogP contribution is 2.57. The summed E-state index contributed by atoms with van der Waals surface area (Å²) in [6.45, 7) is 6.18. The maximum absolute atomic E-state index is 16.2. The fourth-order valence-corrected chi connectivity index (χ4v) is 12.0. The number of imidazole rings is 1. The number of benzene rings is 3. The number of carbonyl (C=O) groups excluding carboxylic acids is 1. The molecule has 15 nitrogen and oxygen atoms in total. The van der Waals surface area contributed by atoms with E-state index in [2.05, 4.69) is 44.9 Å². The average Bonchev–Trinajstić information content (AvgIpc) is 3.70. The Balaban J connectivity index is 0.969. The molecule has 3 aliphatic heterocycles. The van der Waals surface area contributed by atoms with Gasteiger partial charge in [-0.15, -0.1) is 0 Å². The third kappa shape index (κ3) is 5.48. The van der Waals surface area contributed by atoms with E-state index in [0.29, 0.717) is 76.8 Å². The van der Waals surface area contributed by atoms with E-state index in [1.54, 1.807) is 60.7 Å². The van der Waals surface area contributed by atoms with Crippen LogP contribution in [0, 0.1) is 31.4 Å². The lowest BCUT2D eigenvalue weighted by Crippen LogP contribution is -2.43. The zero-order valence-electron chi connectivity index (χ0n) is 36.8. The summed E-state index contributed by atoms with van der Waals surface area (Å²) in [5.74, 6) is -0.659. The van der Waals surface area contributed by atoms with Crippen molar-refractivity contribution in [1.29, 1.82) is 0 Å². The molecule has 8 aromatic rings. The van der Waals surface area contributed by atoms with E-state index in [0.717, 1.165) is 48.9 Å². The van der Waals surface area contributed by atoms with Gasteiger partial charge in [0.25, 0.3) is 5.91 Å². The maximum Gasteiger partial charge on any atom is 0.438 e. The number of aryl methyl sites for hydroxylation is 3. The lowest BCUT2D eigenvalue weighted by Gasteiger charge is -2.35. The van der Waals surface area contributed by atoms with Gasteiger partial charge in [-0.3, -0.25) is 28.1 Å². The molecular weight excluding hydrogens is 847 g/mol. The van der Waals surface area contributed by atoms with Crippen LogP contribution >= 0.6 is 0 Å². The first kappa shape index (κ1) is 39.5. The Morgan fingerprint density at radius 1 is 0.924 bits per heavy atom. The molecule has 1 N–H and O–H groups in total. The van der Waals surface area contributed by atoms with Crippen LogP contribution in [0.1, 0.15) is 108 Å². The van der Waals surface area contributed by atoms with Gasteiger partial charge in [-0.2, -0.15) is 10.2 Å². The highest BCUT2D eigenvalue weighted by Gasteiger charge is 2.60. The van der Waals surface area contributed by atoms with Crippen molar-refractivity contribution in [3.05, 3.63) is 139 Å². The van der Waals surface area contributed by atoms with Crippen LogP contribution in [0.2, 0.25) is 0 Å². The smallest absolute Gasteiger partial charge is 0.375 e. The Morgan fingerprint density at radius 2 is 1.70 bits per heavy atom. The standard InChI is InChI=1S/C49H46F2N10O5/c1-25-17-32(18-26(2)41(25)50)61-43(58-15-14-57(47(58)64)38-10-9-36-33(42(38)51)24-52-56(36)4)40-34(54-61)21-31-6-8-37(40)59(31)44(62)39-20-30-19-28(29-11-16-65-48(23-29)12-13-48)5-7-35(30)60(39)49(22-27(49)3)45-53-46(63)66-55-45/h5,7,9-10,14-15,17-20,24,27,29,31,37H,6,8,11-13,16,21-23H2,1-4H3,(H,53,55,63)/t27-,29+,31+,37-,49+/m0/s1. The van der Waals surface area contributed by atoms with Crippen molar-refractivity contribution in [3.63, 3.8) is 0 Å². The van der Waals surface area contributed by atoms with Crippen molar-refractivity contribution in [3.8, 4) is 17.2 Å². The van der Waals surface area contributed by atoms with Gasteiger partial charge >= 0.3 is 11.4 Å². The molecule has 17 heteroatoms. The van der Waals surface area contributed by atoms with Crippen LogP contribution in [-0.2, 0) is 23.7 Å². The average molecular weight is 893 g/mol. The van der Waals surface area contributed by atoms with Gasteiger partial charge in [0.05, 0.1) is 45.8 Å². The molecule has 0 radical (unpaired) electrons. The van der Waals surface area contributed by atoms with Crippen LogP contribution in [0.5, 0.6) is 0 Å². The van der Waals surface area contributed by atoms with Crippen LogP contribution in [0.25, 0.3) is 39.0 Å². The number of nitrogens with zero attached hydrogens (tertiary/aromatic N) is 9. The van der Waals surface area contributed by atoms with E-state index in [4.69, 9.17) is 14.4 Å². The molecule has 5 aromatic heterocycles. The van der Waals surface area contributed by atoms with Crippen molar-refractivity contribution in [2.45, 2.75) is 101 Å². The Hall–Kier alpha value is -6.88. The van der Waals surface area contributed by atoms with Gasteiger partial charge in [-0.1, -0.05) is 18.1 Å². The van der Waals surface area contributed by atoms with Gasteiger partial charge in [-0.05, 0) is 130 Å². The van der Waals surface area contributed by atoms with Gasteiger partial charge in [0, 0.05) is 55.0 Å². The van der Waals surface area contributed by atoms with Crippen molar-refractivity contribution in [1.82, 2.24) is 48.3 Å². The topological polar surface area (TPSA) is 156 Å². The monoisotopic (exact) mass is 892 g/mol. The number of ether oxygens (including phenoxy) is 1. The van der Waals surface area contributed by atoms with Gasteiger partial charge in [-0.25, -0.2) is 23.1 Å². The summed E-state index contributed by atoms with van der Waals surface area (Å²) in [7, 11) is 1.73. The van der Waals surface area contributed by atoms with E-state index >= 15 is 13.6 Å². The number of H-pyrrole nitrogens is 1. The molecule has 1 spiro atoms. The van der Waals surface area contributed by atoms with E-state index < -0.39 is 28.8 Å². The van der Waals surface area contributed by atoms with Crippen LogP contribution in [0.15, 0.2) is 81.2 Å². The number of carbonyl (C=O) groups is 1. The molecule has 2 saturated heterocycles. The quantitative estimate of drug-likeness (QED) is 0.174. The fraction of sp³-hybridized carbons (Fsp3) is 0.388. The van der Waals surface area contributed by atoms with Crippen LogP contribution in [0.3, 0.4) is 0 Å². The number of hydrogen-bond acceptors (Lipinski definition) is 8. The normalized spacial score (nSPS) is 23.9. The molecule has 0 unspecified atom stereocenters. The number of halogens is 2. The molecule has 2 bridgehead atoms. The molecule has 4 fully saturated rings. The SMILES string of the molecule is Cc1cc(-n2nc3c(c2-n2ccn(-c4ccc5c(cnn5C)c4F)c2=O)[C@@H]2CC[C@H](C3)N2C(=O)c2cc3cc([C@@H]4CCOC5(CC5)C4)ccc3n2[C@]2(c3noc(=O)[nH]3)C[C@@H]2C)cc(C)c1F. The Kier molecular flexibility index (Phi) is 8.13. The first-order chi connectivity index (χ1) is 31.8. The van der Waals surface area contributed by atoms with Crippen LogP contribution in [-0.4, -0.2) is 72.5 Å². The second kappa shape index (κ2) is 13.6. The Morgan fingerprint density at radius 3 is 2.44 bits per heavy atom. The van der Waals surface area contributed by atoms with E-state index in [9.17, 15) is 9.59 Å². The third-order valence-electron chi connectivity index (χ3n) is 15.6. The zero-order chi connectivity index (χ0) is 45.1. The Labute approximate surface area is 375 Å². The minimum Gasteiger partial charge on any atom is -0.375 e. The predicted molar refractivity (Wildman–Crippen MR) is 238 cm³/mol. The second-order valence-electron chi connectivity index (χ2n) is 19.5. The van der Waals surface area contributed by atoms with E-state index in [1.807, 2.05) is 11.0 Å². The molecule has 5 atom stereocenters. The summed E-state index contributed by atoms with van der Waals surface area (Å²) in [6.07, 6.45) is 11.0. The molecule has 5 aliphatic rings.